The highest BCUT2D eigenvalue weighted by atomic mass is 16.5. The maximum Gasteiger partial charge on any atom is 0.227 e. The molecule has 0 saturated heterocycles. The SMILES string of the molecule is COC1Cc2ccccc2N(C(=O)CCc2cncnc2)C1. The summed E-state index contributed by atoms with van der Waals surface area (Å²) in [5, 5.41) is 0. The fourth-order valence-corrected chi connectivity index (χ4v) is 2.80. The van der Waals surface area contributed by atoms with Gasteiger partial charge in [0.25, 0.3) is 0 Å². The highest BCUT2D eigenvalue weighted by Gasteiger charge is 2.27. The number of amides is 1. The third-order valence-electron chi connectivity index (χ3n) is 3.99. The summed E-state index contributed by atoms with van der Waals surface area (Å²) in [7, 11) is 1.70. The Bertz CT molecular complexity index is 645. The number of ether oxygens (including phenoxy) is 1. The van der Waals surface area contributed by atoms with Crippen molar-refractivity contribution in [2.75, 3.05) is 18.6 Å². The molecule has 1 aromatic carbocycles. The maximum atomic E-state index is 12.6. The lowest BCUT2D eigenvalue weighted by Crippen LogP contribution is -2.43. The zero-order chi connectivity index (χ0) is 15.4. The smallest absolute Gasteiger partial charge is 0.227 e. The summed E-state index contributed by atoms with van der Waals surface area (Å²) in [5.74, 6) is 0.109. The maximum absolute atomic E-state index is 12.6. The number of methoxy groups -OCH3 is 1. The number of nitrogens with zero attached hydrogens (tertiary/aromatic N) is 3. The molecule has 3 rings (SSSR count). The summed E-state index contributed by atoms with van der Waals surface area (Å²) < 4.78 is 5.48. The van der Waals surface area contributed by atoms with Crippen molar-refractivity contribution in [1.29, 1.82) is 0 Å². The van der Waals surface area contributed by atoms with E-state index in [0.29, 0.717) is 19.4 Å². The van der Waals surface area contributed by atoms with E-state index >= 15 is 0 Å². The standard InChI is InChI=1S/C17H19N3O2/c1-22-15-8-14-4-2-3-5-16(14)20(11-15)17(21)7-6-13-9-18-12-19-10-13/h2-5,9-10,12,15H,6-8,11H2,1H3. The molecule has 1 aliphatic rings. The number of anilines is 1. The van der Waals surface area contributed by atoms with Crippen molar-refractivity contribution in [1.82, 2.24) is 9.97 Å². The van der Waals surface area contributed by atoms with Crippen LogP contribution in [0.3, 0.4) is 0 Å². The van der Waals surface area contributed by atoms with Crippen molar-refractivity contribution in [3.63, 3.8) is 0 Å². The van der Waals surface area contributed by atoms with Crippen LogP contribution in [0.1, 0.15) is 17.5 Å². The minimum Gasteiger partial charge on any atom is -0.379 e. The normalized spacial score (nSPS) is 17.1. The molecule has 0 spiro atoms. The van der Waals surface area contributed by atoms with Crippen LogP contribution in [-0.4, -0.2) is 35.6 Å². The van der Waals surface area contributed by atoms with Crippen LogP contribution in [0.4, 0.5) is 5.69 Å². The molecule has 1 aliphatic heterocycles. The second-order valence-electron chi connectivity index (χ2n) is 5.44. The lowest BCUT2D eigenvalue weighted by atomic mass is 9.99. The van der Waals surface area contributed by atoms with Gasteiger partial charge in [0.1, 0.15) is 6.33 Å². The third kappa shape index (κ3) is 3.14. The molecule has 0 fully saturated rings. The summed E-state index contributed by atoms with van der Waals surface area (Å²) in [6.45, 7) is 0.609. The zero-order valence-corrected chi connectivity index (χ0v) is 12.6. The van der Waals surface area contributed by atoms with Crippen molar-refractivity contribution in [3.8, 4) is 0 Å². The van der Waals surface area contributed by atoms with Crippen LogP contribution in [0.15, 0.2) is 43.0 Å². The number of para-hydroxylation sites is 1. The Balaban J connectivity index is 1.74. The lowest BCUT2D eigenvalue weighted by molar-refractivity contribution is -0.119. The first-order valence-electron chi connectivity index (χ1n) is 7.43. The van der Waals surface area contributed by atoms with E-state index in [0.717, 1.165) is 23.2 Å². The largest absolute Gasteiger partial charge is 0.379 e. The topological polar surface area (TPSA) is 55.3 Å². The molecule has 5 nitrogen and oxygen atoms in total. The Morgan fingerprint density at radius 2 is 2.09 bits per heavy atom. The fourth-order valence-electron chi connectivity index (χ4n) is 2.80. The molecule has 2 heterocycles. The Hall–Kier alpha value is -2.27. The van der Waals surface area contributed by atoms with Gasteiger partial charge in [-0.1, -0.05) is 18.2 Å². The fraction of sp³-hybridized carbons (Fsp3) is 0.353. The molecule has 0 aliphatic carbocycles. The molecule has 1 amide bonds. The van der Waals surface area contributed by atoms with E-state index in [9.17, 15) is 4.79 Å². The number of carbonyl (C=O) groups is 1. The number of benzene rings is 1. The van der Waals surface area contributed by atoms with E-state index in [1.165, 1.54) is 6.33 Å². The number of rotatable bonds is 4. The Morgan fingerprint density at radius 3 is 2.86 bits per heavy atom. The summed E-state index contributed by atoms with van der Waals surface area (Å²) in [5.41, 5.74) is 3.14. The van der Waals surface area contributed by atoms with E-state index in [-0.39, 0.29) is 12.0 Å². The van der Waals surface area contributed by atoms with Crippen LogP contribution >= 0.6 is 0 Å². The van der Waals surface area contributed by atoms with Gasteiger partial charge in [0, 0.05) is 38.0 Å². The Kier molecular flexibility index (Phi) is 4.44. The molecule has 114 valence electrons. The van der Waals surface area contributed by atoms with Crippen LogP contribution in [0.25, 0.3) is 0 Å². The van der Waals surface area contributed by atoms with Crippen LogP contribution in [0.2, 0.25) is 0 Å². The van der Waals surface area contributed by atoms with Crippen LogP contribution < -0.4 is 4.90 Å². The lowest BCUT2D eigenvalue weighted by Gasteiger charge is -2.34. The van der Waals surface area contributed by atoms with Gasteiger partial charge in [-0.2, -0.15) is 0 Å². The van der Waals surface area contributed by atoms with Gasteiger partial charge in [0.05, 0.1) is 12.6 Å². The first-order chi connectivity index (χ1) is 10.8. The number of hydrogen-bond acceptors (Lipinski definition) is 4. The van der Waals surface area contributed by atoms with Crippen molar-refractivity contribution < 1.29 is 9.53 Å². The van der Waals surface area contributed by atoms with Gasteiger partial charge in [-0.25, -0.2) is 9.97 Å². The van der Waals surface area contributed by atoms with Gasteiger partial charge in [-0.3, -0.25) is 4.79 Å². The minimum atomic E-state index is 0.0545. The molecule has 0 radical (unpaired) electrons. The first kappa shape index (κ1) is 14.7. The molecular weight excluding hydrogens is 278 g/mol. The predicted molar refractivity (Wildman–Crippen MR) is 83.6 cm³/mol. The quantitative estimate of drug-likeness (QED) is 0.866. The summed E-state index contributed by atoms with van der Waals surface area (Å²) in [6.07, 6.45) is 7.00. The number of hydrogen-bond donors (Lipinski definition) is 0. The van der Waals surface area contributed by atoms with E-state index in [1.807, 2.05) is 23.1 Å². The summed E-state index contributed by atoms with van der Waals surface area (Å²) in [6, 6.07) is 8.04. The average Bonchev–Trinajstić information content (AvgIpc) is 2.59. The first-order valence-corrected chi connectivity index (χ1v) is 7.43. The van der Waals surface area contributed by atoms with Crippen molar-refractivity contribution >= 4 is 11.6 Å². The second-order valence-corrected chi connectivity index (χ2v) is 5.44. The molecule has 0 N–H and O–H groups in total. The van der Waals surface area contributed by atoms with Crippen LogP contribution in [0.5, 0.6) is 0 Å². The highest BCUT2D eigenvalue weighted by molar-refractivity contribution is 5.94. The van der Waals surface area contributed by atoms with Gasteiger partial charge in [0.15, 0.2) is 0 Å². The van der Waals surface area contributed by atoms with Crippen LogP contribution in [-0.2, 0) is 22.4 Å². The number of fused-ring (bicyclic) bond motifs is 1. The van der Waals surface area contributed by atoms with E-state index < -0.39 is 0 Å². The number of aryl methyl sites for hydroxylation is 1. The molecule has 1 unspecified atom stereocenters. The summed E-state index contributed by atoms with van der Waals surface area (Å²) in [4.78, 5) is 22.4. The van der Waals surface area contributed by atoms with Gasteiger partial charge >= 0.3 is 0 Å². The average molecular weight is 297 g/mol. The monoisotopic (exact) mass is 297 g/mol. The van der Waals surface area contributed by atoms with E-state index in [4.69, 9.17) is 4.74 Å². The zero-order valence-electron chi connectivity index (χ0n) is 12.6. The summed E-state index contributed by atoms with van der Waals surface area (Å²) >= 11 is 0. The number of carbonyl (C=O) groups excluding carboxylic acids is 1. The van der Waals surface area contributed by atoms with Crippen molar-refractivity contribution in [2.24, 2.45) is 0 Å². The third-order valence-corrected chi connectivity index (χ3v) is 3.99. The van der Waals surface area contributed by atoms with Gasteiger partial charge in [-0.15, -0.1) is 0 Å². The number of aromatic nitrogens is 2. The van der Waals surface area contributed by atoms with Gasteiger partial charge in [-0.05, 0) is 23.6 Å². The predicted octanol–water partition coefficient (Wildman–Crippen LogP) is 2.01. The van der Waals surface area contributed by atoms with E-state index in [2.05, 4.69) is 16.0 Å². The second kappa shape index (κ2) is 6.66. The molecule has 2 aromatic rings. The molecule has 1 atom stereocenters. The van der Waals surface area contributed by atoms with Crippen molar-refractivity contribution in [3.05, 3.63) is 54.1 Å². The van der Waals surface area contributed by atoms with Gasteiger partial charge < -0.3 is 9.64 Å². The molecule has 0 saturated carbocycles. The Morgan fingerprint density at radius 1 is 1.32 bits per heavy atom. The molecule has 5 heteroatoms. The molecular formula is C17H19N3O2. The molecule has 22 heavy (non-hydrogen) atoms. The highest BCUT2D eigenvalue weighted by Crippen LogP contribution is 2.28. The van der Waals surface area contributed by atoms with Gasteiger partial charge in [0.2, 0.25) is 5.91 Å². The van der Waals surface area contributed by atoms with Crippen molar-refractivity contribution in [2.45, 2.75) is 25.4 Å². The van der Waals surface area contributed by atoms with E-state index in [1.54, 1.807) is 19.5 Å². The van der Waals surface area contributed by atoms with Crippen LogP contribution in [0, 0.1) is 0 Å². The molecule has 0 bridgehead atoms. The molecule has 1 aromatic heterocycles. The minimum absolute atomic E-state index is 0.0545. The Labute approximate surface area is 130 Å².